The van der Waals surface area contributed by atoms with Gasteiger partial charge in [-0.05, 0) is 64.0 Å². The standard InChI is InChI=1S/C24H49N5O6/c1-10-12(9-26)6-17(19(29)20(10)30)35-24-14(22(32)15(27)8-16(24)28)7-18-23(33)13(4-3-5-25)21(31)11(2)34-18/h10-24,30-33H,3-9,25-29H2,1-2H3/t10-,11-,12-,13-,14-,15-,16+,17+,18+,19+,20+,21-,22-,23-,24+/m1/s1. The van der Waals surface area contributed by atoms with Crippen molar-refractivity contribution in [1.82, 2.24) is 0 Å². The van der Waals surface area contributed by atoms with E-state index in [1.54, 1.807) is 6.92 Å². The van der Waals surface area contributed by atoms with Crippen LogP contribution in [0, 0.1) is 23.7 Å². The van der Waals surface area contributed by atoms with E-state index in [4.69, 9.17) is 38.1 Å². The minimum Gasteiger partial charge on any atom is -0.391 e. The Morgan fingerprint density at radius 2 is 1.54 bits per heavy atom. The molecule has 0 aromatic rings. The highest BCUT2D eigenvalue weighted by atomic mass is 16.5. The van der Waals surface area contributed by atoms with E-state index >= 15 is 0 Å². The van der Waals surface area contributed by atoms with Gasteiger partial charge in [-0.25, -0.2) is 0 Å². The maximum Gasteiger partial charge on any atom is 0.0855 e. The molecule has 0 amide bonds. The SMILES string of the molecule is C[C@@H]1[C@@H](CN)C[C@H](O[C@H]2[C@H](C[C@@H]3O[C@H](C)[C@@H](O)[C@@H](CCCN)[C@H]3O)[C@@H](O)[C@H](N)C[C@@H]2N)[C@H](N)[C@H]1O. The van der Waals surface area contributed by atoms with E-state index in [1.165, 1.54) is 0 Å². The molecule has 3 rings (SSSR count). The number of aliphatic hydroxyl groups is 4. The molecule has 14 N–H and O–H groups in total. The summed E-state index contributed by atoms with van der Waals surface area (Å²) in [5.41, 5.74) is 30.7. The first kappa shape index (κ1) is 29.1. The van der Waals surface area contributed by atoms with Crippen LogP contribution in [0.5, 0.6) is 0 Å². The van der Waals surface area contributed by atoms with E-state index in [2.05, 4.69) is 0 Å². The van der Waals surface area contributed by atoms with Crippen molar-refractivity contribution in [1.29, 1.82) is 0 Å². The molecular weight excluding hydrogens is 454 g/mol. The van der Waals surface area contributed by atoms with Crippen molar-refractivity contribution in [2.24, 2.45) is 52.3 Å². The maximum absolute atomic E-state index is 11.1. The minimum absolute atomic E-state index is 0.0474. The maximum atomic E-state index is 11.1. The first-order valence-electron chi connectivity index (χ1n) is 13.2. The molecule has 206 valence electrons. The summed E-state index contributed by atoms with van der Waals surface area (Å²) >= 11 is 0. The molecule has 0 spiro atoms. The summed E-state index contributed by atoms with van der Waals surface area (Å²) in [7, 11) is 0. The first-order valence-corrected chi connectivity index (χ1v) is 13.2. The van der Waals surface area contributed by atoms with E-state index in [1.807, 2.05) is 6.92 Å². The van der Waals surface area contributed by atoms with Crippen molar-refractivity contribution in [3.8, 4) is 0 Å². The molecule has 11 heteroatoms. The van der Waals surface area contributed by atoms with Crippen LogP contribution in [0.1, 0.15) is 46.0 Å². The third-order valence-electron chi connectivity index (χ3n) is 8.92. The van der Waals surface area contributed by atoms with Gasteiger partial charge in [0.15, 0.2) is 0 Å². The Labute approximate surface area is 208 Å². The van der Waals surface area contributed by atoms with Gasteiger partial charge in [-0.15, -0.1) is 0 Å². The van der Waals surface area contributed by atoms with Gasteiger partial charge >= 0.3 is 0 Å². The van der Waals surface area contributed by atoms with Crippen LogP contribution in [-0.4, -0.2) is 100 Å². The monoisotopic (exact) mass is 503 g/mol. The summed E-state index contributed by atoms with van der Waals surface area (Å²) in [6.45, 7) is 4.59. The normalized spacial score (nSPS) is 51.3. The van der Waals surface area contributed by atoms with Gasteiger partial charge in [0.1, 0.15) is 0 Å². The molecule has 1 heterocycles. The second kappa shape index (κ2) is 12.4. The van der Waals surface area contributed by atoms with Crippen LogP contribution in [-0.2, 0) is 9.47 Å². The van der Waals surface area contributed by atoms with Crippen molar-refractivity contribution in [3.05, 3.63) is 0 Å². The minimum atomic E-state index is -0.934. The van der Waals surface area contributed by atoms with Gasteiger partial charge in [0.25, 0.3) is 0 Å². The molecule has 15 atom stereocenters. The molecule has 0 aromatic carbocycles. The van der Waals surface area contributed by atoms with Crippen LogP contribution in [0.2, 0.25) is 0 Å². The van der Waals surface area contributed by atoms with Crippen LogP contribution in [0.25, 0.3) is 0 Å². The summed E-state index contributed by atoms with van der Waals surface area (Å²) in [6.07, 6.45) is -3.17. The number of hydrogen-bond donors (Lipinski definition) is 9. The Hall–Kier alpha value is -0.440. The first-order chi connectivity index (χ1) is 16.5. The molecule has 0 aromatic heterocycles. The Kier molecular flexibility index (Phi) is 10.3. The molecule has 0 unspecified atom stereocenters. The Balaban J connectivity index is 1.80. The van der Waals surface area contributed by atoms with Crippen molar-refractivity contribution in [3.63, 3.8) is 0 Å². The number of rotatable bonds is 8. The average Bonchev–Trinajstić information content (AvgIpc) is 2.82. The van der Waals surface area contributed by atoms with Crippen LogP contribution in [0.4, 0.5) is 0 Å². The summed E-state index contributed by atoms with van der Waals surface area (Å²) < 4.78 is 12.5. The predicted molar refractivity (Wildman–Crippen MR) is 132 cm³/mol. The lowest BCUT2D eigenvalue weighted by atomic mass is 9.72. The van der Waals surface area contributed by atoms with Crippen LogP contribution in [0.15, 0.2) is 0 Å². The van der Waals surface area contributed by atoms with Gasteiger partial charge in [0.05, 0.1) is 54.9 Å². The fourth-order valence-electron chi connectivity index (χ4n) is 6.49. The van der Waals surface area contributed by atoms with Gasteiger partial charge in [0, 0.05) is 23.9 Å². The van der Waals surface area contributed by atoms with Gasteiger partial charge in [-0.3, -0.25) is 0 Å². The van der Waals surface area contributed by atoms with Crippen molar-refractivity contribution < 1.29 is 29.9 Å². The van der Waals surface area contributed by atoms with Gasteiger partial charge < -0.3 is 58.6 Å². The van der Waals surface area contributed by atoms with Crippen molar-refractivity contribution in [2.45, 2.75) is 113 Å². The van der Waals surface area contributed by atoms with E-state index in [9.17, 15) is 20.4 Å². The largest absolute Gasteiger partial charge is 0.391 e. The topological polar surface area (TPSA) is 229 Å². The predicted octanol–water partition coefficient (Wildman–Crippen LogP) is -2.67. The van der Waals surface area contributed by atoms with Gasteiger partial charge in [0.2, 0.25) is 0 Å². The highest BCUT2D eigenvalue weighted by molar-refractivity contribution is 5.02. The number of ether oxygens (including phenoxy) is 2. The summed E-state index contributed by atoms with van der Waals surface area (Å²) in [5, 5.41) is 43.5. The molecule has 0 bridgehead atoms. The lowest BCUT2D eigenvalue weighted by Crippen LogP contribution is -2.64. The Bertz CT molecular complexity index is 662. The molecular formula is C24H49N5O6. The quantitative estimate of drug-likeness (QED) is 0.166. The lowest BCUT2D eigenvalue weighted by molar-refractivity contribution is -0.213. The second-order valence-corrected chi connectivity index (χ2v) is 11.2. The van der Waals surface area contributed by atoms with Crippen LogP contribution < -0.4 is 28.7 Å². The van der Waals surface area contributed by atoms with E-state index in [0.29, 0.717) is 38.8 Å². The lowest BCUT2D eigenvalue weighted by Gasteiger charge is -2.49. The van der Waals surface area contributed by atoms with E-state index in [-0.39, 0.29) is 24.2 Å². The van der Waals surface area contributed by atoms with E-state index in [0.717, 1.165) is 0 Å². The molecule has 3 fully saturated rings. The third kappa shape index (κ3) is 6.18. The smallest absolute Gasteiger partial charge is 0.0855 e. The molecule has 1 aliphatic heterocycles. The summed E-state index contributed by atoms with van der Waals surface area (Å²) in [6, 6.07) is -1.62. The van der Waals surface area contributed by atoms with Gasteiger partial charge in [-0.1, -0.05) is 6.92 Å². The number of nitrogens with two attached hydrogens (primary N) is 5. The highest BCUT2D eigenvalue weighted by Crippen LogP contribution is 2.39. The fraction of sp³-hybridized carbons (Fsp3) is 1.00. The molecule has 1 saturated heterocycles. The third-order valence-corrected chi connectivity index (χ3v) is 8.92. The molecule has 35 heavy (non-hydrogen) atoms. The fourth-order valence-corrected chi connectivity index (χ4v) is 6.49. The van der Waals surface area contributed by atoms with E-state index < -0.39 is 72.9 Å². The Morgan fingerprint density at radius 1 is 0.857 bits per heavy atom. The molecule has 2 saturated carbocycles. The summed E-state index contributed by atoms with van der Waals surface area (Å²) in [4.78, 5) is 0. The average molecular weight is 504 g/mol. The number of hydrogen-bond acceptors (Lipinski definition) is 11. The molecule has 3 aliphatic rings. The molecule has 2 aliphatic carbocycles. The Morgan fingerprint density at radius 3 is 2.17 bits per heavy atom. The second-order valence-electron chi connectivity index (χ2n) is 11.2. The van der Waals surface area contributed by atoms with Crippen LogP contribution in [0.3, 0.4) is 0 Å². The molecule has 0 radical (unpaired) electrons. The zero-order valence-electron chi connectivity index (χ0n) is 21.1. The zero-order chi connectivity index (χ0) is 26.0. The van der Waals surface area contributed by atoms with Crippen LogP contribution >= 0.6 is 0 Å². The van der Waals surface area contributed by atoms with Gasteiger partial charge in [-0.2, -0.15) is 0 Å². The van der Waals surface area contributed by atoms with Crippen molar-refractivity contribution >= 4 is 0 Å². The highest BCUT2D eigenvalue weighted by Gasteiger charge is 2.50. The summed E-state index contributed by atoms with van der Waals surface area (Å²) in [5.74, 6) is -0.905. The number of aliphatic hydroxyl groups excluding tert-OH is 4. The molecule has 11 nitrogen and oxygen atoms in total. The zero-order valence-corrected chi connectivity index (χ0v) is 21.1. The van der Waals surface area contributed by atoms with Crippen molar-refractivity contribution in [2.75, 3.05) is 13.1 Å².